The van der Waals surface area contributed by atoms with Gasteiger partial charge in [-0.3, -0.25) is 4.79 Å². The van der Waals surface area contributed by atoms with Crippen LogP contribution in [-0.2, 0) is 0 Å². The minimum Gasteiger partial charge on any atom is -0.363 e. The lowest BCUT2D eigenvalue weighted by Crippen LogP contribution is -2.45. The van der Waals surface area contributed by atoms with E-state index in [9.17, 15) is 4.79 Å². The maximum absolute atomic E-state index is 12.0. The molecule has 0 aliphatic carbocycles. The van der Waals surface area contributed by atoms with Gasteiger partial charge in [0, 0.05) is 44.0 Å². The van der Waals surface area contributed by atoms with Crippen molar-refractivity contribution in [2.45, 2.75) is 0 Å². The summed E-state index contributed by atoms with van der Waals surface area (Å²) < 4.78 is 0. The van der Waals surface area contributed by atoms with Crippen molar-refractivity contribution in [2.75, 3.05) is 31.1 Å². The van der Waals surface area contributed by atoms with E-state index in [4.69, 9.17) is 0 Å². The first kappa shape index (κ1) is 10.2. The Morgan fingerprint density at radius 3 is 2.94 bits per heavy atom. The molecule has 0 unspecified atom stereocenters. The lowest BCUT2D eigenvalue weighted by molar-refractivity contribution is 0.588. The minimum absolute atomic E-state index is 0.0851. The van der Waals surface area contributed by atoms with E-state index in [1.165, 1.54) is 6.33 Å². The molecule has 0 aromatic carbocycles. The quantitative estimate of drug-likeness (QED) is 0.706. The van der Waals surface area contributed by atoms with Crippen molar-refractivity contribution in [2.24, 2.45) is 0 Å². The van der Waals surface area contributed by atoms with Crippen molar-refractivity contribution in [3.8, 4) is 0 Å². The van der Waals surface area contributed by atoms with E-state index >= 15 is 0 Å². The van der Waals surface area contributed by atoms with Gasteiger partial charge in [0.1, 0.15) is 17.5 Å². The number of rotatable bonds is 1. The van der Waals surface area contributed by atoms with Gasteiger partial charge in [0.2, 0.25) is 0 Å². The first-order valence-corrected chi connectivity index (χ1v) is 5.63. The molecule has 0 atom stereocenters. The predicted molar refractivity (Wildman–Crippen MR) is 65.2 cm³/mol. The molecule has 17 heavy (non-hydrogen) atoms. The van der Waals surface area contributed by atoms with E-state index in [0.717, 1.165) is 37.1 Å². The average molecular weight is 231 g/mol. The van der Waals surface area contributed by atoms with Gasteiger partial charge in [-0.15, -0.1) is 0 Å². The Morgan fingerprint density at radius 1 is 1.29 bits per heavy atom. The number of aromatic nitrogens is 3. The van der Waals surface area contributed by atoms with E-state index in [2.05, 4.69) is 25.2 Å². The van der Waals surface area contributed by atoms with Gasteiger partial charge in [0.15, 0.2) is 0 Å². The summed E-state index contributed by atoms with van der Waals surface area (Å²) in [7, 11) is 0. The number of fused-ring (bicyclic) bond motifs is 1. The summed E-state index contributed by atoms with van der Waals surface area (Å²) in [4.78, 5) is 25.0. The fourth-order valence-electron chi connectivity index (χ4n) is 2.14. The van der Waals surface area contributed by atoms with Crippen LogP contribution in [0.4, 0.5) is 5.69 Å². The molecular formula is C11H13N5O. The number of aromatic amines is 1. The number of anilines is 1. The lowest BCUT2D eigenvalue weighted by Gasteiger charge is -2.28. The van der Waals surface area contributed by atoms with Crippen LogP contribution in [0.1, 0.15) is 0 Å². The van der Waals surface area contributed by atoms with Crippen molar-refractivity contribution in [1.29, 1.82) is 0 Å². The molecule has 0 amide bonds. The SMILES string of the molecule is O=c1[nH]cc2cncnc2c1N1CCNCC1. The van der Waals surface area contributed by atoms with E-state index in [0.29, 0.717) is 5.69 Å². The molecule has 2 N–H and O–H groups in total. The predicted octanol–water partition coefficient (Wildman–Crippen LogP) is -0.272. The molecule has 0 bridgehead atoms. The average Bonchev–Trinajstić information content (AvgIpc) is 2.39. The normalized spacial score (nSPS) is 16.4. The van der Waals surface area contributed by atoms with Crippen LogP contribution in [0.25, 0.3) is 10.9 Å². The Morgan fingerprint density at radius 2 is 2.12 bits per heavy atom. The molecule has 1 fully saturated rings. The van der Waals surface area contributed by atoms with Crippen molar-refractivity contribution < 1.29 is 0 Å². The molecule has 1 saturated heterocycles. The Hall–Kier alpha value is -1.95. The zero-order valence-corrected chi connectivity index (χ0v) is 9.31. The highest BCUT2D eigenvalue weighted by atomic mass is 16.1. The van der Waals surface area contributed by atoms with Crippen LogP contribution in [0.2, 0.25) is 0 Å². The first-order valence-electron chi connectivity index (χ1n) is 5.63. The fourth-order valence-corrected chi connectivity index (χ4v) is 2.14. The highest BCUT2D eigenvalue weighted by Gasteiger charge is 2.17. The molecule has 3 heterocycles. The van der Waals surface area contributed by atoms with Crippen molar-refractivity contribution >= 4 is 16.6 Å². The molecule has 0 spiro atoms. The Kier molecular flexibility index (Phi) is 2.49. The number of pyridine rings is 1. The summed E-state index contributed by atoms with van der Waals surface area (Å²) in [6.07, 6.45) is 4.85. The van der Waals surface area contributed by atoms with Crippen LogP contribution < -0.4 is 15.8 Å². The molecule has 6 heteroatoms. The van der Waals surface area contributed by atoms with Gasteiger partial charge in [0.05, 0.1) is 0 Å². The van der Waals surface area contributed by atoms with Gasteiger partial charge >= 0.3 is 0 Å². The molecule has 1 aliphatic rings. The van der Waals surface area contributed by atoms with E-state index < -0.39 is 0 Å². The Labute approximate surface area is 97.7 Å². The second-order valence-corrected chi connectivity index (χ2v) is 4.03. The monoisotopic (exact) mass is 231 g/mol. The third kappa shape index (κ3) is 1.76. The second-order valence-electron chi connectivity index (χ2n) is 4.03. The van der Waals surface area contributed by atoms with Gasteiger partial charge in [-0.25, -0.2) is 9.97 Å². The van der Waals surface area contributed by atoms with Crippen LogP contribution >= 0.6 is 0 Å². The molecule has 2 aromatic rings. The van der Waals surface area contributed by atoms with Gasteiger partial charge in [-0.05, 0) is 0 Å². The van der Waals surface area contributed by atoms with Gasteiger partial charge in [0.25, 0.3) is 5.56 Å². The first-order chi connectivity index (χ1) is 8.36. The number of nitrogens with one attached hydrogen (secondary N) is 2. The number of piperazine rings is 1. The lowest BCUT2D eigenvalue weighted by atomic mass is 10.2. The smallest absolute Gasteiger partial charge is 0.273 e. The third-order valence-electron chi connectivity index (χ3n) is 2.97. The van der Waals surface area contributed by atoms with Crippen molar-refractivity contribution in [3.63, 3.8) is 0 Å². The van der Waals surface area contributed by atoms with Gasteiger partial charge < -0.3 is 15.2 Å². The fraction of sp³-hybridized carbons (Fsp3) is 0.364. The summed E-state index contributed by atoms with van der Waals surface area (Å²) in [5.74, 6) is 0. The molecule has 3 rings (SSSR count). The van der Waals surface area contributed by atoms with Crippen LogP contribution in [0.3, 0.4) is 0 Å². The van der Waals surface area contributed by atoms with E-state index in [-0.39, 0.29) is 5.56 Å². The second kappa shape index (κ2) is 4.14. The number of nitrogens with zero attached hydrogens (tertiary/aromatic N) is 3. The summed E-state index contributed by atoms with van der Waals surface area (Å²) in [5.41, 5.74) is 1.30. The zero-order valence-electron chi connectivity index (χ0n) is 9.31. The van der Waals surface area contributed by atoms with Crippen LogP contribution in [0.15, 0.2) is 23.5 Å². The van der Waals surface area contributed by atoms with Crippen LogP contribution in [-0.4, -0.2) is 41.1 Å². The number of hydrogen-bond donors (Lipinski definition) is 2. The summed E-state index contributed by atoms with van der Waals surface area (Å²) in [5, 5.41) is 4.13. The molecule has 0 radical (unpaired) electrons. The molecule has 88 valence electrons. The summed E-state index contributed by atoms with van der Waals surface area (Å²) >= 11 is 0. The molecule has 0 saturated carbocycles. The maximum atomic E-state index is 12.0. The summed E-state index contributed by atoms with van der Waals surface area (Å²) in [6, 6.07) is 0. The minimum atomic E-state index is -0.0851. The highest BCUT2D eigenvalue weighted by Crippen LogP contribution is 2.19. The Balaban J connectivity index is 2.19. The van der Waals surface area contributed by atoms with Crippen molar-refractivity contribution in [1.82, 2.24) is 20.3 Å². The van der Waals surface area contributed by atoms with Gasteiger partial charge in [-0.1, -0.05) is 0 Å². The largest absolute Gasteiger partial charge is 0.363 e. The highest BCUT2D eigenvalue weighted by molar-refractivity contribution is 5.88. The van der Waals surface area contributed by atoms with Gasteiger partial charge in [-0.2, -0.15) is 0 Å². The third-order valence-corrected chi connectivity index (χ3v) is 2.97. The van der Waals surface area contributed by atoms with Crippen LogP contribution in [0, 0.1) is 0 Å². The molecule has 2 aromatic heterocycles. The zero-order chi connectivity index (χ0) is 11.7. The molecule has 6 nitrogen and oxygen atoms in total. The topological polar surface area (TPSA) is 73.9 Å². The summed E-state index contributed by atoms with van der Waals surface area (Å²) in [6.45, 7) is 3.43. The van der Waals surface area contributed by atoms with E-state index in [1.54, 1.807) is 12.4 Å². The molecule has 1 aliphatic heterocycles. The maximum Gasteiger partial charge on any atom is 0.273 e. The van der Waals surface area contributed by atoms with Crippen LogP contribution in [0.5, 0.6) is 0 Å². The number of H-pyrrole nitrogens is 1. The standard InChI is InChI=1S/C11H13N5O/c17-11-10(16-3-1-12-2-4-16)9-8(6-14-11)5-13-7-15-9/h5-7,12H,1-4H2,(H,14,17). The number of hydrogen-bond acceptors (Lipinski definition) is 5. The Bertz CT molecular complexity index is 588. The van der Waals surface area contributed by atoms with E-state index in [1.807, 2.05) is 0 Å². The molecular weight excluding hydrogens is 218 g/mol. The van der Waals surface area contributed by atoms with Crippen molar-refractivity contribution in [3.05, 3.63) is 29.1 Å².